The Labute approximate surface area is 148 Å². The lowest BCUT2D eigenvalue weighted by atomic mass is 10.3. The number of aryl methyl sites for hydroxylation is 1. The molecule has 2 aromatic rings. The number of guanidine groups is 1. The molecule has 3 heterocycles. The molecule has 2 aromatic heterocycles. The first-order chi connectivity index (χ1) is 12.0. The van der Waals surface area contributed by atoms with E-state index in [0.29, 0.717) is 18.9 Å². The van der Waals surface area contributed by atoms with E-state index in [-0.39, 0.29) is 17.5 Å². The molecular weight excluding hydrogens is 338 g/mol. The minimum absolute atomic E-state index is 0.0550. The first kappa shape index (κ1) is 17.7. The zero-order valence-electron chi connectivity index (χ0n) is 14.7. The zero-order chi connectivity index (χ0) is 17.9. The fourth-order valence-electron chi connectivity index (χ4n) is 3.03. The van der Waals surface area contributed by atoms with Gasteiger partial charge in [0.05, 0.1) is 17.2 Å². The molecule has 1 unspecified atom stereocenters. The van der Waals surface area contributed by atoms with Crippen LogP contribution >= 0.6 is 0 Å². The van der Waals surface area contributed by atoms with Crippen molar-refractivity contribution in [1.82, 2.24) is 20.0 Å². The first-order valence-electron chi connectivity index (χ1n) is 8.65. The van der Waals surface area contributed by atoms with Gasteiger partial charge in [0.25, 0.3) is 0 Å². The van der Waals surface area contributed by atoms with E-state index in [9.17, 15) is 8.42 Å². The number of hydrogen-bond acceptors (Lipinski definition) is 4. The maximum Gasteiger partial charge on any atom is 0.191 e. The highest BCUT2D eigenvalue weighted by molar-refractivity contribution is 7.91. The van der Waals surface area contributed by atoms with E-state index in [0.717, 1.165) is 29.9 Å². The normalized spacial score (nSPS) is 20.1. The summed E-state index contributed by atoms with van der Waals surface area (Å²) in [5.74, 6) is 1.11. The molecule has 0 aromatic carbocycles. The van der Waals surface area contributed by atoms with Gasteiger partial charge in [-0.1, -0.05) is 6.07 Å². The number of hydrogen-bond donors (Lipinski definition) is 2. The molecule has 7 nitrogen and oxygen atoms in total. The van der Waals surface area contributed by atoms with E-state index in [1.807, 2.05) is 42.8 Å². The number of fused-ring (bicyclic) bond motifs is 1. The van der Waals surface area contributed by atoms with E-state index >= 15 is 0 Å². The van der Waals surface area contributed by atoms with Crippen LogP contribution in [0.1, 0.15) is 24.6 Å². The molecule has 1 fully saturated rings. The lowest BCUT2D eigenvalue weighted by Crippen LogP contribution is -2.44. The summed E-state index contributed by atoms with van der Waals surface area (Å²) in [6.45, 7) is 5.37. The molecule has 0 aliphatic carbocycles. The lowest BCUT2D eigenvalue weighted by Gasteiger charge is -2.15. The second-order valence-corrected chi connectivity index (χ2v) is 8.64. The molecule has 25 heavy (non-hydrogen) atoms. The van der Waals surface area contributed by atoms with Crippen molar-refractivity contribution in [2.75, 3.05) is 24.6 Å². The third-order valence-electron chi connectivity index (χ3n) is 4.28. The Bertz CT molecular complexity index is 872. The van der Waals surface area contributed by atoms with Crippen LogP contribution in [0.15, 0.2) is 29.5 Å². The van der Waals surface area contributed by atoms with Gasteiger partial charge in [0.1, 0.15) is 5.65 Å². The van der Waals surface area contributed by atoms with Crippen LogP contribution < -0.4 is 10.6 Å². The van der Waals surface area contributed by atoms with Crippen LogP contribution in [-0.2, 0) is 16.3 Å². The van der Waals surface area contributed by atoms with E-state index in [2.05, 4.69) is 20.6 Å². The van der Waals surface area contributed by atoms with Gasteiger partial charge in [-0.05, 0) is 31.9 Å². The van der Waals surface area contributed by atoms with Crippen LogP contribution in [0.3, 0.4) is 0 Å². The summed E-state index contributed by atoms with van der Waals surface area (Å²) >= 11 is 0. The number of nitrogens with zero attached hydrogens (tertiary/aromatic N) is 3. The predicted octanol–water partition coefficient (Wildman–Crippen LogP) is 0.927. The van der Waals surface area contributed by atoms with Crippen LogP contribution in [0.2, 0.25) is 0 Å². The molecule has 3 rings (SSSR count). The maximum absolute atomic E-state index is 11.6. The minimum atomic E-state index is -2.90. The highest BCUT2D eigenvalue weighted by Gasteiger charge is 2.28. The van der Waals surface area contributed by atoms with Crippen LogP contribution in [-0.4, -0.2) is 54.4 Å². The van der Waals surface area contributed by atoms with Crippen molar-refractivity contribution in [2.24, 2.45) is 4.99 Å². The summed E-state index contributed by atoms with van der Waals surface area (Å²) in [7, 11) is -2.90. The van der Waals surface area contributed by atoms with Crippen molar-refractivity contribution in [3.05, 3.63) is 35.8 Å². The standard InChI is InChI=1S/C17H25N5O2S/c1-3-18-17(21-15-7-10-25(23,24)12-15)19-8-6-14-11-22-9-4-5-13(2)16(22)20-14/h4-5,9,11,15H,3,6-8,10,12H2,1-2H3,(H2,18,19,21). The summed E-state index contributed by atoms with van der Waals surface area (Å²) in [6.07, 6.45) is 5.40. The summed E-state index contributed by atoms with van der Waals surface area (Å²) in [5.41, 5.74) is 3.12. The van der Waals surface area contributed by atoms with Crippen molar-refractivity contribution in [3.63, 3.8) is 0 Å². The number of sulfone groups is 1. The molecule has 136 valence electrons. The monoisotopic (exact) mass is 363 g/mol. The average Bonchev–Trinajstić information content (AvgIpc) is 3.11. The van der Waals surface area contributed by atoms with Gasteiger partial charge in [-0.3, -0.25) is 4.99 Å². The summed E-state index contributed by atoms with van der Waals surface area (Å²) in [4.78, 5) is 9.21. The van der Waals surface area contributed by atoms with Crippen molar-refractivity contribution in [1.29, 1.82) is 0 Å². The van der Waals surface area contributed by atoms with E-state index < -0.39 is 9.84 Å². The molecule has 0 saturated carbocycles. The Hall–Kier alpha value is -2.09. The van der Waals surface area contributed by atoms with Gasteiger partial charge < -0.3 is 15.0 Å². The van der Waals surface area contributed by atoms with Crippen molar-refractivity contribution >= 4 is 21.4 Å². The Morgan fingerprint density at radius 1 is 1.48 bits per heavy atom. The van der Waals surface area contributed by atoms with Crippen LogP contribution in [0.25, 0.3) is 5.65 Å². The third-order valence-corrected chi connectivity index (χ3v) is 6.05. The molecule has 1 saturated heterocycles. The maximum atomic E-state index is 11.6. The van der Waals surface area contributed by atoms with Gasteiger partial charge in [-0.2, -0.15) is 0 Å². The largest absolute Gasteiger partial charge is 0.357 e. The van der Waals surface area contributed by atoms with Gasteiger partial charge in [-0.25, -0.2) is 13.4 Å². The molecule has 8 heteroatoms. The smallest absolute Gasteiger partial charge is 0.191 e. The Morgan fingerprint density at radius 2 is 2.32 bits per heavy atom. The number of aliphatic imine (C=N–C) groups is 1. The van der Waals surface area contributed by atoms with Crippen molar-refractivity contribution < 1.29 is 8.42 Å². The molecule has 0 bridgehead atoms. The van der Waals surface area contributed by atoms with Gasteiger partial charge >= 0.3 is 0 Å². The van der Waals surface area contributed by atoms with E-state index in [1.54, 1.807) is 0 Å². The average molecular weight is 363 g/mol. The number of imidazole rings is 1. The number of aromatic nitrogens is 2. The Kier molecular flexibility index (Phi) is 5.27. The molecule has 2 N–H and O–H groups in total. The molecule has 1 aliphatic heterocycles. The number of nitrogens with one attached hydrogen (secondary N) is 2. The molecule has 0 spiro atoms. The van der Waals surface area contributed by atoms with Gasteiger partial charge in [0, 0.05) is 37.9 Å². The Balaban J connectivity index is 1.62. The number of rotatable bonds is 5. The quantitative estimate of drug-likeness (QED) is 0.609. The molecular formula is C17H25N5O2S. The second-order valence-electron chi connectivity index (χ2n) is 6.41. The molecule has 1 aliphatic rings. The van der Waals surface area contributed by atoms with Gasteiger partial charge in [0.15, 0.2) is 15.8 Å². The van der Waals surface area contributed by atoms with Crippen LogP contribution in [0.4, 0.5) is 0 Å². The second kappa shape index (κ2) is 7.43. The summed E-state index contributed by atoms with van der Waals surface area (Å²) in [5, 5.41) is 6.41. The summed E-state index contributed by atoms with van der Waals surface area (Å²) < 4.78 is 25.2. The Morgan fingerprint density at radius 3 is 3.00 bits per heavy atom. The molecule has 0 radical (unpaired) electrons. The summed E-state index contributed by atoms with van der Waals surface area (Å²) in [6, 6.07) is 4.00. The van der Waals surface area contributed by atoms with Crippen molar-refractivity contribution in [3.8, 4) is 0 Å². The van der Waals surface area contributed by atoms with Crippen LogP contribution in [0, 0.1) is 6.92 Å². The highest BCUT2D eigenvalue weighted by Crippen LogP contribution is 2.12. The molecule has 1 atom stereocenters. The number of pyridine rings is 1. The fourth-order valence-corrected chi connectivity index (χ4v) is 4.70. The minimum Gasteiger partial charge on any atom is -0.357 e. The SMILES string of the molecule is CCNC(=NCCc1cn2cccc(C)c2n1)NC1CCS(=O)(=O)C1. The highest BCUT2D eigenvalue weighted by atomic mass is 32.2. The zero-order valence-corrected chi connectivity index (χ0v) is 15.5. The topological polar surface area (TPSA) is 87.9 Å². The third kappa shape index (κ3) is 4.50. The molecule has 0 amide bonds. The van der Waals surface area contributed by atoms with E-state index in [4.69, 9.17) is 0 Å². The van der Waals surface area contributed by atoms with Crippen molar-refractivity contribution in [2.45, 2.75) is 32.7 Å². The van der Waals surface area contributed by atoms with Crippen LogP contribution in [0.5, 0.6) is 0 Å². The van der Waals surface area contributed by atoms with E-state index in [1.165, 1.54) is 0 Å². The van der Waals surface area contributed by atoms with Gasteiger partial charge in [-0.15, -0.1) is 0 Å². The lowest BCUT2D eigenvalue weighted by molar-refractivity contribution is 0.599. The fraction of sp³-hybridized carbons (Fsp3) is 0.529. The van der Waals surface area contributed by atoms with Gasteiger partial charge in [0.2, 0.25) is 0 Å². The predicted molar refractivity (Wildman–Crippen MR) is 99.8 cm³/mol. The first-order valence-corrected chi connectivity index (χ1v) is 10.5.